The van der Waals surface area contributed by atoms with Gasteiger partial charge in [-0.2, -0.15) is 9.97 Å². The van der Waals surface area contributed by atoms with E-state index in [-0.39, 0.29) is 24.6 Å². The first-order valence-electron chi connectivity index (χ1n) is 11.4. The van der Waals surface area contributed by atoms with Crippen molar-refractivity contribution in [2.24, 2.45) is 11.7 Å². The number of carbonyl (C=O) groups is 1. The SMILES string of the molecule is CC[C@H](COC(=O)C(N)C(C)C)Nc1nc(N(C)c2ccccc2)c2ncn(C(C)C)c2n1. The van der Waals surface area contributed by atoms with E-state index in [2.05, 4.69) is 24.1 Å². The summed E-state index contributed by atoms with van der Waals surface area (Å²) >= 11 is 0. The monoisotopic (exact) mass is 453 g/mol. The normalized spacial score (nSPS) is 13.4. The highest BCUT2D eigenvalue weighted by Crippen LogP contribution is 2.30. The Labute approximate surface area is 195 Å². The maximum atomic E-state index is 12.2. The summed E-state index contributed by atoms with van der Waals surface area (Å²) in [4.78, 5) is 28.3. The highest BCUT2D eigenvalue weighted by Gasteiger charge is 2.22. The van der Waals surface area contributed by atoms with E-state index in [1.54, 1.807) is 6.33 Å². The van der Waals surface area contributed by atoms with Crippen molar-refractivity contribution < 1.29 is 9.53 Å². The molecule has 0 amide bonds. The Morgan fingerprint density at radius 2 is 1.88 bits per heavy atom. The second-order valence-electron chi connectivity index (χ2n) is 8.83. The number of nitrogens with zero attached hydrogens (tertiary/aromatic N) is 5. The lowest BCUT2D eigenvalue weighted by molar-refractivity contribution is -0.146. The van der Waals surface area contributed by atoms with Gasteiger partial charge in [0, 0.05) is 18.8 Å². The van der Waals surface area contributed by atoms with E-state index in [1.807, 2.05) is 67.6 Å². The van der Waals surface area contributed by atoms with Gasteiger partial charge in [-0.3, -0.25) is 4.79 Å². The molecule has 0 spiro atoms. The van der Waals surface area contributed by atoms with E-state index >= 15 is 0 Å². The van der Waals surface area contributed by atoms with E-state index in [0.717, 1.165) is 23.3 Å². The summed E-state index contributed by atoms with van der Waals surface area (Å²) in [6.07, 6.45) is 2.52. The van der Waals surface area contributed by atoms with E-state index < -0.39 is 12.0 Å². The van der Waals surface area contributed by atoms with Crippen LogP contribution in [0.4, 0.5) is 17.5 Å². The average molecular weight is 454 g/mol. The predicted octanol–water partition coefficient (Wildman–Crippen LogP) is 3.89. The van der Waals surface area contributed by atoms with Gasteiger partial charge in [-0.25, -0.2) is 4.98 Å². The fourth-order valence-electron chi connectivity index (χ4n) is 3.35. The van der Waals surface area contributed by atoms with Crippen LogP contribution in [-0.2, 0) is 9.53 Å². The number of hydrogen-bond acceptors (Lipinski definition) is 8. The van der Waals surface area contributed by atoms with Gasteiger partial charge in [0.1, 0.15) is 12.6 Å². The number of aromatic nitrogens is 4. The lowest BCUT2D eigenvalue weighted by atomic mass is 10.1. The van der Waals surface area contributed by atoms with Gasteiger partial charge >= 0.3 is 5.97 Å². The molecule has 2 atom stereocenters. The van der Waals surface area contributed by atoms with Crippen LogP contribution < -0.4 is 16.0 Å². The molecule has 2 aromatic heterocycles. The van der Waals surface area contributed by atoms with Crippen LogP contribution in [0.5, 0.6) is 0 Å². The van der Waals surface area contributed by atoms with Crippen molar-refractivity contribution in [1.82, 2.24) is 19.5 Å². The highest BCUT2D eigenvalue weighted by molar-refractivity contribution is 5.87. The standard InChI is InChI=1S/C24H35N7O2/c1-7-17(13-33-23(32)19(25)15(2)3)27-24-28-21(30(6)18-11-9-8-10-12-18)20-22(29-24)31(14-26-20)16(4)5/h8-12,14-17,19H,7,13,25H2,1-6H3,(H,27,28,29)/t17-,19?/m1/s1. The Morgan fingerprint density at radius 3 is 2.48 bits per heavy atom. The van der Waals surface area contributed by atoms with Crippen molar-refractivity contribution in [2.75, 3.05) is 23.9 Å². The molecular weight excluding hydrogens is 418 g/mol. The van der Waals surface area contributed by atoms with E-state index in [4.69, 9.17) is 20.4 Å². The van der Waals surface area contributed by atoms with E-state index in [1.165, 1.54) is 0 Å². The Hall–Kier alpha value is -3.20. The first-order valence-corrected chi connectivity index (χ1v) is 11.4. The number of anilines is 3. The quantitative estimate of drug-likeness (QED) is 0.445. The van der Waals surface area contributed by atoms with Gasteiger partial charge in [-0.1, -0.05) is 39.0 Å². The van der Waals surface area contributed by atoms with Gasteiger partial charge in [0.15, 0.2) is 17.0 Å². The second kappa shape index (κ2) is 10.6. The molecule has 0 aliphatic carbocycles. The van der Waals surface area contributed by atoms with Crippen LogP contribution >= 0.6 is 0 Å². The topological polar surface area (TPSA) is 111 Å². The van der Waals surface area contributed by atoms with Crippen LogP contribution in [0.15, 0.2) is 36.7 Å². The highest BCUT2D eigenvalue weighted by atomic mass is 16.5. The Balaban J connectivity index is 1.91. The number of para-hydroxylation sites is 1. The van der Waals surface area contributed by atoms with Crippen LogP contribution in [0.1, 0.15) is 47.1 Å². The molecule has 0 aliphatic heterocycles. The minimum atomic E-state index is -0.637. The van der Waals surface area contributed by atoms with Crippen LogP contribution in [0.3, 0.4) is 0 Å². The number of carbonyl (C=O) groups excluding carboxylic acids is 1. The molecule has 1 aromatic carbocycles. The fraction of sp³-hybridized carbons (Fsp3) is 0.500. The number of nitrogens with one attached hydrogen (secondary N) is 1. The van der Waals surface area contributed by atoms with Crippen molar-refractivity contribution in [3.63, 3.8) is 0 Å². The number of ether oxygens (including phenoxy) is 1. The minimum absolute atomic E-state index is 0.0173. The third-order valence-corrected chi connectivity index (χ3v) is 5.66. The molecule has 0 aliphatic rings. The largest absolute Gasteiger partial charge is 0.462 e. The summed E-state index contributed by atoms with van der Waals surface area (Å²) in [6, 6.07) is 9.38. The Bertz CT molecular complexity index is 1070. The molecule has 3 N–H and O–H groups in total. The zero-order valence-electron chi connectivity index (χ0n) is 20.3. The van der Waals surface area contributed by atoms with Crippen molar-refractivity contribution in [3.05, 3.63) is 36.7 Å². The predicted molar refractivity (Wildman–Crippen MR) is 132 cm³/mol. The smallest absolute Gasteiger partial charge is 0.323 e. The molecule has 0 bridgehead atoms. The van der Waals surface area contributed by atoms with Crippen molar-refractivity contribution >= 4 is 34.6 Å². The Kier molecular flexibility index (Phi) is 7.86. The lowest BCUT2D eigenvalue weighted by Crippen LogP contribution is -2.39. The maximum Gasteiger partial charge on any atom is 0.323 e. The van der Waals surface area contributed by atoms with E-state index in [9.17, 15) is 4.79 Å². The molecule has 178 valence electrons. The lowest BCUT2D eigenvalue weighted by Gasteiger charge is -2.22. The number of rotatable bonds is 10. The van der Waals surface area contributed by atoms with Gasteiger partial charge in [0.25, 0.3) is 0 Å². The summed E-state index contributed by atoms with van der Waals surface area (Å²) in [5.74, 6) is 0.771. The molecule has 1 unspecified atom stereocenters. The zero-order valence-corrected chi connectivity index (χ0v) is 20.3. The summed E-state index contributed by atoms with van der Waals surface area (Å²) in [5.41, 5.74) is 8.37. The van der Waals surface area contributed by atoms with Gasteiger partial charge in [-0.05, 0) is 38.3 Å². The first-order chi connectivity index (χ1) is 15.7. The summed E-state index contributed by atoms with van der Waals surface area (Å²) in [5, 5.41) is 3.34. The number of imidazole rings is 1. The number of nitrogens with two attached hydrogens (primary N) is 1. The molecule has 9 nitrogen and oxygen atoms in total. The minimum Gasteiger partial charge on any atom is -0.462 e. The number of esters is 1. The van der Waals surface area contributed by atoms with Crippen molar-refractivity contribution in [3.8, 4) is 0 Å². The van der Waals surface area contributed by atoms with Crippen LogP contribution in [0.2, 0.25) is 0 Å². The molecule has 0 saturated carbocycles. The fourth-order valence-corrected chi connectivity index (χ4v) is 3.35. The van der Waals surface area contributed by atoms with Crippen LogP contribution in [0.25, 0.3) is 11.2 Å². The molecule has 9 heteroatoms. The molecular formula is C24H35N7O2. The summed E-state index contributed by atoms with van der Waals surface area (Å²) in [6.45, 7) is 10.2. The van der Waals surface area contributed by atoms with Crippen LogP contribution in [0, 0.1) is 5.92 Å². The third kappa shape index (κ3) is 5.60. The molecule has 0 radical (unpaired) electrons. The molecule has 3 rings (SSSR count). The van der Waals surface area contributed by atoms with Crippen molar-refractivity contribution in [1.29, 1.82) is 0 Å². The second-order valence-corrected chi connectivity index (χ2v) is 8.83. The summed E-state index contributed by atoms with van der Waals surface area (Å²) in [7, 11) is 1.96. The zero-order chi connectivity index (χ0) is 24.1. The van der Waals surface area contributed by atoms with Crippen LogP contribution in [-0.4, -0.2) is 51.2 Å². The number of fused-ring (bicyclic) bond motifs is 1. The van der Waals surface area contributed by atoms with Crippen molar-refractivity contribution in [2.45, 2.75) is 59.2 Å². The van der Waals surface area contributed by atoms with Gasteiger partial charge < -0.3 is 25.3 Å². The first kappa shape index (κ1) is 24.4. The third-order valence-electron chi connectivity index (χ3n) is 5.66. The molecule has 33 heavy (non-hydrogen) atoms. The molecule has 0 saturated heterocycles. The van der Waals surface area contributed by atoms with E-state index in [0.29, 0.717) is 11.8 Å². The van der Waals surface area contributed by atoms with Gasteiger partial charge in [0.2, 0.25) is 5.95 Å². The van der Waals surface area contributed by atoms with Gasteiger partial charge in [0.05, 0.1) is 12.4 Å². The molecule has 2 heterocycles. The average Bonchev–Trinajstić information content (AvgIpc) is 3.24. The Morgan fingerprint density at radius 1 is 1.18 bits per heavy atom. The molecule has 0 fully saturated rings. The molecule has 3 aromatic rings. The summed E-state index contributed by atoms with van der Waals surface area (Å²) < 4.78 is 7.48. The van der Waals surface area contributed by atoms with Gasteiger partial charge in [-0.15, -0.1) is 0 Å². The number of benzene rings is 1. The number of hydrogen-bond donors (Lipinski definition) is 2. The maximum absolute atomic E-state index is 12.2.